The predicted molar refractivity (Wildman–Crippen MR) is 70.5 cm³/mol. The summed E-state index contributed by atoms with van der Waals surface area (Å²) < 4.78 is 0. The molecule has 2 aliphatic heterocycles. The molecule has 0 unspecified atom stereocenters. The maximum atomic E-state index is 11.9. The Morgan fingerprint density at radius 3 is 2.83 bits per heavy atom. The smallest absolute Gasteiger partial charge is 0.236 e. The van der Waals surface area contributed by atoms with E-state index in [2.05, 4.69) is 23.9 Å². The van der Waals surface area contributed by atoms with E-state index < -0.39 is 0 Å². The van der Waals surface area contributed by atoms with Crippen molar-refractivity contribution in [1.29, 1.82) is 0 Å². The normalized spacial score (nSPS) is 25.2. The first-order valence-corrected chi connectivity index (χ1v) is 6.94. The molecule has 5 heteroatoms. The summed E-state index contributed by atoms with van der Waals surface area (Å²) in [4.78, 5) is 21.4. The van der Waals surface area contributed by atoms with Crippen LogP contribution in [-0.4, -0.2) is 60.2 Å². The zero-order chi connectivity index (χ0) is 13.0. The monoisotopic (exact) mass is 253 g/mol. The number of oxime groups is 1. The van der Waals surface area contributed by atoms with Crippen molar-refractivity contribution in [2.75, 3.05) is 32.7 Å². The van der Waals surface area contributed by atoms with E-state index >= 15 is 0 Å². The van der Waals surface area contributed by atoms with Gasteiger partial charge in [-0.1, -0.05) is 19.0 Å². The van der Waals surface area contributed by atoms with Gasteiger partial charge in [-0.2, -0.15) is 0 Å². The van der Waals surface area contributed by atoms with Crippen molar-refractivity contribution in [2.24, 2.45) is 5.16 Å². The molecule has 0 aromatic rings. The van der Waals surface area contributed by atoms with Gasteiger partial charge in [-0.25, -0.2) is 0 Å². The molecule has 1 saturated heterocycles. The molecular formula is C13H23N3O2. The van der Waals surface area contributed by atoms with Crippen molar-refractivity contribution in [1.82, 2.24) is 9.80 Å². The third-order valence-corrected chi connectivity index (χ3v) is 3.56. The van der Waals surface area contributed by atoms with Crippen molar-refractivity contribution in [3.8, 4) is 0 Å². The molecule has 0 saturated carbocycles. The number of nitrogens with zero attached hydrogens (tertiary/aromatic N) is 3. The first kappa shape index (κ1) is 13.3. The lowest BCUT2D eigenvalue weighted by Crippen LogP contribution is -2.52. The summed E-state index contributed by atoms with van der Waals surface area (Å²) in [5.74, 6) is 0.248. The number of hydrogen-bond acceptors (Lipinski definition) is 4. The second-order valence-electron chi connectivity index (χ2n) is 5.06. The number of carbonyl (C=O) groups is 1. The van der Waals surface area contributed by atoms with Crippen LogP contribution in [0.1, 0.15) is 33.1 Å². The van der Waals surface area contributed by atoms with Crippen molar-refractivity contribution < 1.29 is 9.63 Å². The van der Waals surface area contributed by atoms with Gasteiger partial charge >= 0.3 is 0 Å². The maximum Gasteiger partial charge on any atom is 0.236 e. The highest BCUT2D eigenvalue weighted by atomic mass is 16.6. The molecule has 2 aliphatic rings. The minimum atomic E-state index is 0.144. The summed E-state index contributed by atoms with van der Waals surface area (Å²) in [6.07, 6.45) is 3.05. The molecule has 1 fully saturated rings. The van der Waals surface area contributed by atoms with E-state index in [0.717, 1.165) is 51.2 Å². The van der Waals surface area contributed by atoms with Crippen LogP contribution in [0.5, 0.6) is 0 Å². The topological polar surface area (TPSA) is 45.1 Å². The Bertz CT molecular complexity index is 330. The van der Waals surface area contributed by atoms with Crippen LogP contribution in [0.2, 0.25) is 0 Å². The fourth-order valence-corrected chi connectivity index (χ4v) is 2.50. The molecule has 0 aromatic carbocycles. The van der Waals surface area contributed by atoms with E-state index in [4.69, 9.17) is 4.84 Å². The van der Waals surface area contributed by atoms with Gasteiger partial charge in [-0.05, 0) is 12.8 Å². The van der Waals surface area contributed by atoms with Crippen LogP contribution in [0.4, 0.5) is 0 Å². The van der Waals surface area contributed by atoms with Gasteiger partial charge in [0.25, 0.3) is 0 Å². The third-order valence-electron chi connectivity index (χ3n) is 3.56. The molecule has 1 atom stereocenters. The van der Waals surface area contributed by atoms with Gasteiger partial charge in [-0.15, -0.1) is 0 Å². The van der Waals surface area contributed by atoms with Crippen LogP contribution in [0.25, 0.3) is 0 Å². The average molecular weight is 253 g/mol. The fraction of sp³-hybridized carbons (Fsp3) is 0.846. The molecule has 0 radical (unpaired) electrons. The van der Waals surface area contributed by atoms with Gasteiger partial charge in [0.1, 0.15) is 6.10 Å². The molecule has 2 rings (SSSR count). The van der Waals surface area contributed by atoms with Crippen LogP contribution in [0, 0.1) is 0 Å². The highest BCUT2D eigenvalue weighted by molar-refractivity contribution is 5.85. The Morgan fingerprint density at radius 2 is 2.22 bits per heavy atom. The zero-order valence-electron chi connectivity index (χ0n) is 11.4. The summed E-state index contributed by atoms with van der Waals surface area (Å²) in [5.41, 5.74) is 1.14. The maximum absolute atomic E-state index is 11.9. The molecular weight excluding hydrogens is 230 g/mol. The van der Waals surface area contributed by atoms with Crippen LogP contribution < -0.4 is 0 Å². The van der Waals surface area contributed by atoms with Crippen LogP contribution in [-0.2, 0) is 9.63 Å². The summed E-state index contributed by atoms with van der Waals surface area (Å²) in [5, 5.41) is 4.06. The summed E-state index contributed by atoms with van der Waals surface area (Å²) >= 11 is 0. The predicted octanol–water partition coefficient (Wildman–Crippen LogP) is 1.10. The standard InChI is InChI=1S/C13H23N3O2/c1-3-5-16-7-6-15(10-13(16)17)9-12-8-11(4-2)14-18-12/h12H,3-10H2,1-2H3/t12-/m0/s1. The molecule has 0 aliphatic carbocycles. The molecule has 0 bridgehead atoms. The summed E-state index contributed by atoms with van der Waals surface area (Å²) in [6.45, 7) is 8.23. The second kappa shape index (κ2) is 6.18. The lowest BCUT2D eigenvalue weighted by molar-refractivity contribution is -0.136. The van der Waals surface area contributed by atoms with E-state index in [1.165, 1.54) is 0 Å². The van der Waals surface area contributed by atoms with Crippen LogP contribution >= 0.6 is 0 Å². The molecule has 0 N–H and O–H groups in total. The van der Waals surface area contributed by atoms with Crippen LogP contribution in [0.15, 0.2) is 5.16 Å². The highest BCUT2D eigenvalue weighted by Crippen LogP contribution is 2.15. The molecule has 18 heavy (non-hydrogen) atoms. The Labute approximate surface area is 109 Å². The van der Waals surface area contributed by atoms with Crippen molar-refractivity contribution in [3.63, 3.8) is 0 Å². The Morgan fingerprint density at radius 1 is 1.39 bits per heavy atom. The van der Waals surface area contributed by atoms with Gasteiger partial charge in [0.15, 0.2) is 0 Å². The van der Waals surface area contributed by atoms with Gasteiger partial charge in [-0.3, -0.25) is 9.69 Å². The number of hydrogen-bond donors (Lipinski definition) is 0. The quantitative estimate of drug-likeness (QED) is 0.737. The number of rotatable bonds is 5. The summed E-state index contributed by atoms with van der Waals surface area (Å²) in [6, 6.07) is 0. The number of amides is 1. The zero-order valence-corrected chi connectivity index (χ0v) is 11.4. The molecule has 102 valence electrons. The van der Waals surface area contributed by atoms with Crippen molar-refractivity contribution in [3.05, 3.63) is 0 Å². The van der Waals surface area contributed by atoms with Crippen molar-refractivity contribution in [2.45, 2.75) is 39.2 Å². The summed E-state index contributed by atoms with van der Waals surface area (Å²) in [7, 11) is 0. The average Bonchev–Trinajstić information content (AvgIpc) is 2.80. The van der Waals surface area contributed by atoms with E-state index in [-0.39, 0.29) is 12.0 Å². The van der Waals surface area contributed by atoms with Gasteiger partial charge in [0, 0.05) is 32.6 Å². The minimum Gasteiger partial charge on any atom is -0.391 e. The van der Waals surface area contributed by atoms with Crippen LogP contribution in [0.3, 0.4) is 0 Å². The third kappa shape index (κ3) is 3.22. The second-order valence-corrected chi connectivity index (χ2v) is 5.06. The van der Waals surface area contributed by atoms with Gasteiger partial charge < -0.3 is 9.74 Å². The molecule has 2 heterocycles. The Kier molecular flexibility index (Phi) is 4.58. The van der Waals surface area contributed by atoms with E-state index in [0.29, 0.717) is 6.54 Å². The minimum absolute atomic E-state index is 0.144. The SMILES string of the molecule is CCCN1CCN(C[C@@H]2CC(CC)=NO2)CC1=O. The van der Waals surface area contributed by atoms with E-state index in [9.17, 15) is 4.79 Å². The lowest BCUT2D eigenvalue weighted by Gasteiger charge is -2.34. The van der Waals surface area contributed by atoms with E-state index in [1.807, 2.05) is 4.90 Å². The molecule has 5 nitrogen and oxygen atoms in total. The highest BCUT2D eigenvalue weighted by Gasteiger charge is 2.28. The number of carbonyl (C=O) groups excluding carboxylic acids is 1. The van der Waals surface area contributed by atoms with Gasteiger partial charge in [0.2, 0.25) is 5.91 Å². The first-order chi connectivity index (χ1) is 8.72. The molecule has 1 amide bonds. The van der Waals surface area contributed by atoms with E-state index in [1.54, 1.807) is 0 Å². The Hall–Kier alpha value is -1.10. The largest absolute Gasteiger partial charge is 0.391 e. The van der Waals surface area contributed by atoms with Crippen molar-refractivity contribution >= 4 is 11.6 Å². The first-order valence-electron chi connectivity index (χ1n) is 6.94. The van der Waals surface area contributed by atoms with Gasteiger partial charge in [0.05, 0.1) is 12.3 Å². The molecule has 0 aromatic heterocycles. The Balaban J connectivity index is 1.75. The lowest BCUT2D eigenvalue weighted by atomic mass is 10.1. The number of piperazine rings is 1. The molecule has 0 spiro atoms. The fourth-order valence-electron chi connectivity index (χ4n) is 2.50.